The van der Waals surface area contributed by atoms with Crippen LogP contribution in [0.3, 0.4) is 0 Å². The number of anilines is 1. The van der Waals surface area contributed by atoms with E-state index in [-0.39, 0.29) is 50.6 Å². The van der Waals surface area contributed by atoms with Gasteiger partial charge in [0, 0.05) is 38.8 Å². The molecule has 1 aliphatic heterocycles. The van der Waals surface area contributed by atoms with Crippen molar-refractivity contribution in [2.45, 2.75) is 27.2 Å². The maximum absolute atomic E-state index is 13.9. The third-order valence-corrected chi connectivity index (χ3v) is 3.10. The van der Waals surface area contributed by atoms with E-state index in [9.17, 15) is 14.0 Å². The number of halogens is 1. The number of aromatic nitrogens is 2. The average Bonchev–Trinajstić information content (AvgIpc) is 2.90. The summed E-state index contributed by atoms with van der Waals surface area (Å²) in [6, 6.07) is 2.73. The SMILES string of the molecule is CC.Cc1ccc2c(N3CCC(=O)NC3=O)n[n-]c2c1F.[Re]. The van der Waals surface area contributed by atoms with Crippen LogP contribution in [0.5, 0.6) is 0 Å². The first-order valence-electron chi connectivity index (χ1n) is 6.77. The molecule has 1 aromatic heterocycles. The van der Waals surface area contributed by atoms with Crippen molar-refractivity contribution in [3.63, 3.8) is 0 Å². The van der Waals surface area contributed by atoms with Crippen LogP contribution in [0.25, 0.3) is 10.9 Å². The first-order chi connectivity index (χ1) is 10.1. The first-order valence-corrected chi connectivity index (χ1v) is 6.77. The normalized spacial score (nSPS) is 14.1. The summed E-state index contributed by atoms with van der Waals surface area (Å²) in [7, 11) is 0. The second-order valence-electron chi connectivity index (χ2n) is 4.37. The minimum absolute atomic E-state index is 0. The van der Waals surface area contributed by atoms with Gasteiger partial charge in [0.15, 0.2) is 0 Å². The zero-order valence-corrected chi connectivity index (χ0v) is 15.2. The Balaban J connectivity index is 0.000000775. The quantitative estimate of drug-likeness (QED) is 0.683. The minimum atomic E-state index is -0.556. The number of carbonyl (C=O) groups is 2. The molecule has 1 aliphatic rings. The molecule has 2 aromatic rings. The van der Waals surface area contributed by atoms with Gasteiger partial charge in [-0.15, -0.1) is 0 Å². The molecule has 3 rings (SSSR count). The monoisotopic (exact) mass is 478 g/mol. The number of benzene rings is 1. The van der Waals surface area contributed by atoms with E-state index in [2.05, 4.69) is 15.5 Å². The molecule has 1 fully saturated rings. The van der Waals surface area contributed by atoms with Crippen LogP contribution in [-0.2, 0) is 25.2 Å². The molecule has 0 atom stereocenters. The molecule has 0 spiro atoms. The summed E-state index contributed by atoms with van der Waals surface area (Å²) in [6.07, 6.45) is 0.189. The molecule has 0 saturated carbocycles. The third-order valence-electron chi connectivity index (χ3n) is 3.10. The van der Waals surface area contributed by atoms with Gasteiger partial charge >= 0.3 is 6.03 Å². The van der Waals surface area contributed by atoms with Crippen molar-refractivity contribution >= 4 is 28.7 Å². The number of nitrogens with zero attached hydrogens (tertiary/aromatic N) is 3. The second-order valence-corrected chi connectivity index (χ2v) is 4.37. The van der Waals surface area contributed by atoms with Crippen LogP contribution in [0.4, 0.5) is 15.0 Å². The predicted molar refractivity (Wildman–Crippen MR) is 76.6 cm³/mol. The van der Waals surface area contributed by atoms with E-state index in [1.807, 2.05) is 13.8 Å². The summed E-state index contributed by atoms with van der Waals surface area (Å²) in [5.74, 6) is -0.490. The number of imide groups is 1. The maximum atomic E-state index is 13.9. The summed E-state index contributed by atoms with van der Waals surface area (Å²) in [5.41, 5.74) is 0.608. The van der Waals surface area contributed by atoms with Crippen LogP contribution in [0, 0.1) is 12.7 Å². The van der Waals surface area contributed by atoms with Gasteiger partial charge < -0.3 is 10.2 Å². The first kappa shape index (κ1) is 18.3. The van der Waals surface area contributed by atoms with Crippen LogP contribution >= 0.6 is 0 Å². The largest absolute Gasteiger partial charge is 0.571 e. The van der Waals surface area contributed by atoms with Crippen molar-refractivity contribution in [1.82, 2.24) is 15.5 Å². The zero-order chi connectivity index (χ0) is 15.6. The summed E-state index contributed by atoms with van der Waals surface area (Å²) < 4.78 is 13.9. The van der Waals surface area contributed by atoms with Gasteiger partial charge in [0.05, 0.1) is 0 Å². The van der Waals surface area contributed by atoms with E-state index in [1.165, 1.54) is 4.90 Å². The fraction of sp³-hybridized carbons (Fsp3) is 0.357. The Labute approximate surface area is 141 Å². The molecule has 119 valence electrons. The molecular weight excluding hydrogens is 461 g/mol. The van der Waals surface area contributed by atoms with Crippen LogP contribution in [-0.4, -0.2) is 23.6 Å². The Hall–Kier alpha value is -1.78. The number of amides is 3. The zero-order valence-electron chi connectivity index (χ0n) is 12.5. The molecular formula is C14H16FN4O2Re-. The minimum Gasteiger partial charge on any atom is -0.571 e. The molecule has 1 radical (unpaired) electrons. The van der Waals surface area contributed by atoms with Crippen molar-refractivity contribution in [1.29, 1.82) is 0 Å². The molecule has 1 N–H and O–H groups in total. The van der Waals surface area contributed by atoms with E-state index in [4.69, 9.17) is 0 Å². The fourth-order valence-corrected chi connectivity index (χ4v) is 2.06. The molecule has 0 aliphatic carbocycles. The van der Waals surface area contributed by atoms with Crippen molar-refractivity contribution in [3.8, 4) is 0 Å². The van der Waals surface area contributed by atoms with Crippen LogP contribution < -0.4 is 15.3 Å². The summed E-state index contributed by atoms with van der Waals surface area (Å²) in [4.78, 5) is 24.1. The van der Waals surface area contributed by atoms with E-state index in [0.29, 0.717) is 10.9 Å². The van der Waals surface area contributed by atoms with Gasteiger partial charge in [0.1, 0.15) is 11.6 Å². The molecule has 22 heavy (non-hydrogen) atoms. The van der Waals surface area contributed by atoms with E-state index >= 15 is 0 Å². The van der Waals surface area contributed by atoms with E-state index in [1.54, 1.807) is 19.1 Å². The van der Waals surface area contributed by atoms with Crippen LogP contribution in [0.15, 0.2) is 12.1 Å². The molecule has 1 aromatic carbocycles. The fourth-order valence-electron chi connectivity index (χ4n) is 2.06. The topological polar surface area (TPSA) is 76.4 Å². The number of hydrogen-bond acceptors (Lipinski definition) is 3. The predicted octanol–water partition coefficient (Wildman–Crippen LogP) is 2.11. The standard InChI is InChI=1S/C12H11FN4O2.C2H6.Re/c1-6-2-3-7-10(9(6)13)15-16-11(7)17-5-4-8(18)14-12(17)19;1-2;/h2-3H,4-5H2,1H3,(H2,14,15,16,18,19);1-2H3;/p-1. The van der Waals surface area contributed by atoms with Crippen LogP contribution in [0.1, 0.15) is 25.8 Å². The number of aryl methyl sites for hydroxylation is 1. The summed E-state index contributed by atoms with van der Waals surface area (Å²) in [5, 5.41) is 10.3. The Kier molecular flexibility index (Phi) is 6.21. The Morgan fingerprint density at radius 2 is 2.00 bits per heavy atom. The molecule has 2 heterocycles. The number of urea groups is 1. The Morgan fingerprint density at radius 1 is 1.32 bits per heavy atom. The number of hydrogen-bond donors (Lipinski definition) is 1. The molecule has 3 amide bonds. The van der Waals surface area contributed by atoms with Crippen molar-refractivity contribution in [2.24, 2.45) is 0 Å². The Bertz CT molecular complexity index is 701. The molecule has 0 unspecified atom stereocenters. The number of rotatable bonds is 1. The van der Waals surface area contributed by atoms with Crippen molar-refractivity contribution in [3.05, 3.63) is 23.5 Å². The number of fused-ring (bicyclic) bond motifs is 1. The molecule has 1 saturated heterocycles. The van der Waals surface area contributed by atoms with Gasteiger partial charge in [0.2, 0.25) is 5.91 Å². The number of carbonyl (C=O) groups excluding carboxylic acids is 2. The average molecular weight is 478 g/mol. The smallest absolute Gasteiger partial charge is 0.329 e. The Morgan fingerprint density at radius 3 is 2.64 bits per heavy atom. The van der Waals surface area contributed by atoms with Gasteiger partial charge in [-0.2, -0.15) is 0 Å². The molecule has 6 nitrogen and oxygen atoms in total. The maximum Gasteiger partial charge on any atom is 0.329 e. The summed E-state index contributed by atoms with van der Waals surface area (Å²) >= 11 is 0. The van der Waals surface area contributed by atoms with Crippen molar-refractivity contribution in [2.75, 3.05) is 11.4 Å². The van der Waals surface area contributed by atoms with Gasteiger partial charge in [-0.05, 0) is 12.5 Å². The van der Waals surface area contributed by atoms with E-state index in [0.717, 1.165) is 0 Å². The summed E-state index contributed by atoms with van der Waals surface area (Å²) in [6.45, 7) is 5.85. The van der Waals surface area contributed by atoms with Gasteiger partial charge in [-0.1, -0.05) is 31.5 Å². The van der Waals surface area contributed by atoms with E-state index < -0.39 is 11.8 Å². The second kappa shape index (κ2) is 7.47. The van der Waals surface area contributed by atoms with Gasteiger partial charge in [0.25, 0.3) is 0 Å². The van der Waals surface area contributed by atoms with Gasteiger partial charge in [-0.3, -0.25) is 15.0 Å². The van der Waals surface area contributed by atoms with Crippen LogP contribution in [0.2, 0.25) is 0 Å². The van der Waals surface area contributed by atoms with Crippen molar-refractivity contribution < 1.29 is 34.4 Å². The third kappa shape index (κ3) is 3.18. The van der Waals surface area contributed by atoms with Gasteiger partial charge in [-0.25, -0.2) is 9.18 Å². The molecule has 8 heteroatoms. The molecule has 0 bridgehead atoms. The number of nitrogens with one attached hydrogen (secondary N) is 1.